The van der Waals surface area contributed by atoms with Crippen molar-refractivity contribution in [1.29, 1.82) is 0 Å². The van der Waals surface area contributed by atoms with Crippen LogP contribution >= 0.6 is 22.9 Å². The molecule has 2 aromatic heterocycles. The molecule has 0 N–H and O–H groups in total. The van der Waals surface area contributed by atoms with Crippen molar-refractivity contribution in [1.82, 2.24) is 10.2 Å². The van der Waals surface area contributed by atoms with E-state index in [1.807, 2.05) is 43.3 Å². The van der Waals surface area contributed by atoms with Gasteiger partial charge in [0, 0.05) is 5.02 Å². The molecule has 0 radical (unpaired) electrons. The van der Waals surface area contributed by atoms with Gasteiger partial charge in [-0.05, 0) is 55.3 Å². The molecule has 6 rings (SSSR count). The highest BCUT2D eigenvalue weighted by atomic mass is 35.5. The minimum absolute atomic E-state index is 0.0324. The smallest absolute Gasteiger partial charge is 0.297 e. The van der Waals surface area contributed by atoms with Crippen molar-refractivity contribution in [3.05, 3.63) is 109 Å². The maximum Gasteiger partial charge on any atom is 0.297 e. The largest absolute Gasteiger partial charge is 0.490 e. The van der Waals surface area contributed by atoms with Crippen molar-refractivity contribution in [3.8, 4) is 11.5 Å². The number of carbonyl (C=O) groups is 1. The zero-order valence-electron chi connectivity index (χ0n) is 21.0. The summed E-state index contributed by atoms with van der Waals surface area (Å²) in [5, 5.41) is 10.0. The second-order valence-electron chi connectivity index (χ2n) is 8.91. The Hall–Kier alpha value is -4.21. The molecule has 39 heavy (non-hydrogen) atoms. The molecular formula is C29H22ClN3O5S. The summed E-state index contributed by atoms with van der Waals surface area (Å²) in [6.45, 7) is 4.44. The Morgan fingerprint density at radius 2 is 1.82 bits per heavy atom. The average molecular weight is 560 g/mol. The predicted octanol–water partition coefficient (Wildman–Crippen LogP) is 6.33. The van der Waals surface area contributed by atoms with Gasteiger partial charge in [0.25, 0.3) is 5.91 Å². The Morgan fingerprint density at radius 1 is 1.00 bits per heavy atom. The quantitative estimate of drug-likeness (QED) is 0.230. The lowest BCUT2D eigenvalue weighted by Crippen LogP contribution is -2.29. The van der Waals surface area contributed by atoms with Gasteiger partial charge in [-0.3, -0.25) is 14.5 Å². The van der Waals surface area contributed by atoms with Crippen LogP contribution in [0.25, 0.3) is 11.0 Å². The van der Waals surface area contributed by atoms with Crippen LogP contribution in [0.4, 0.5) is 5.13 Å². The van der Waals surface area contributed by atoms with Crippen LogP contribution in [0.1, 0.15) is 45.2 Å². The molecule has 0 saturated carbocycles. The summed E-state index contributed by atoms with van der Waals surface area (Å²) in [5.41, 5.74) is 1.81. The van der Waals surface area contributed by atoms with E-state index in [0.29, 0.717) is 50.8 Å². The zero-order chi connectivity index (χ0) is 27.1. The van der Waals surface area contributed by atoms with E-state index in [2.05, 4.69) is 10.2 Å². The number of ether oxygens (including phenoxy) is 2. The maximum atomic E-state index is 13.8. The van der Waals surface area contributed by atoms with Crippen molar-refractivity contribution >= 4 is 44.9 Å². The van der Waals surface area contributed by atoms with Crippen LogP contribution in [-0.4, -0.2) is 22.7 Å². The number of hydrogen-bond acceptors (Lipinski definition) is 8. The molecule has 0 spiro atoms. The number of aryl methyl sites for hydroxylation is 1. The van der Waals surface area contributed by atoms with Crippen molar-refractivity contribution in [2.75, 3.05) is 11.5 Å². The van der Waals surface area contributed by atoms with Gasteiger partial charge in [-0.2, -0.15) is 0 Å². The van der Waals surface area contributed by atoms with Gasteiger partial charge < -0.3 is 13.9 Å². The summed E-state index contributed by atoms with van der Waals surface area (Å²) in [7, 11) is 0. The Morgan fingerprint density at radius 3 is 2.56 bits per heavy atom. The lowest BCUT2D eigenvalue weighted by Gasteiger charge is -2.23. The first-order valence-corrected chi connectivity index (χ1v) is 13.5. The maximum absolute atomic E-state index is 13.8. The number of fused-ring (bicyclic) bond motifs is 2. The zero-order valence-corrected chi connectivity index (χ0v) is 22.6. The molecule has 10 heteroatoms. The molecule has 0 fully saturated rings. The molecule has 5 aromatic rings. The molecule has 0 bridgehead atoms. The average Bonchev–Trinajstić information content (AvgIpc) is 3.49. The van der Waals surface area contributed by atoms with Crippen molar-refractivity contribution < 1.29 is 18.7 Å². The van der Waals surface area contributed by atoms with Crippen molar-refractivity contribution in [2.45, 2.75) is 26.5 Å². The van der Waals surface area contributed by atoms with Gasteiger partial charge in [-0.25, -0.2) is 0 Å². The Labute approximate surface area is 232 Å². The van der Waals surface area contributed by atoms with Gasteiger partial charge in [-0.1, -0.05) is 59.3 Å². The normalized spacial score (nSPS) is 14.6. The number of hydrogen-bond donors (Lipinski definition) is 0. The fourth-order valence-corrected chi connectivity index (χ4v) is 5.55. The Kier molecular flexibility index (Phi) is 6.54. The second kappa shape index (κ2) is 10.2. The molecular weight excluding hydrogens is 538 g/mol. The first-order chi connectivity index (χ1) is 18.9. The summed E-state index contributed by atoms with van der Waals surface area (Å²) >= 11 is 7.45. The Bertz CT molecular complexity index is 1770. The third-order valence-electron chi connectivity index (χ3n) is 6.37. The van der Waals surface area contributed by atoms with Gasteiger partial charge in [0.15, 0.2) is 16.9 Å². The van der Waals surface area contributed by atoms with Gasteiger partial charge >= 0.3 is 0 Å². The van der Waals surface area contributed by atoms with Gasteiger partial charge in [0.2, 0.25) is 10.9 Å². The number of nitrogens with zero attached hydrogens (tertiary/aromatic N) is 3. The van der Waals surface area contributed by atoms with Crippen molar-refractivity contribution in [2.24, 2.45) is 0 Å². The molecule has 8 nitrogen and oxygen atoms in total. The van der Waals surface area contributed by atoms with E-state index in [1.54, 1.807) is 37.3 Å². The van der Waals surface area contributed by atoms with E-state index < -0.39 is 11.9 Å². The van der Waals surface area contributed by atoms with Crippen LogP contribution < -0.4 is 19.8 Å². The highest BCUT2D eigenvalue weighted by Gasteiger charge is 2.45. The van der Waals surface area contributed by atoms with E-state index >= 15 is 0 Å². The van der Waals surface area contributed by atoms with E-state index in [4.69, 9.17) is 25.5 Å². The van der Waals surface area contributed by atoms with Crippen LogP contribution in [0, 0.1) is 6.92 Å². The van der Waals surface area contributed by atoms with Crippen LogP contribution in [0.2, 0.25) is 5.02 Å². The minimum Gasteiger partial charge on any atom is -0.490 e. The lowest BCUT2D eigenvalue weighted by atomic mass is 9.98. The minimum atomic E-state index is -0.818. The van der Waals surface area contributed by atoms with Crippen LogP contribution in [-0.2, 0) is 6.61 Å². The second-order valence-corrected chi connectivity index (χ2v) is 10.5. The van der Waals surface area contributed by atoms with E-state index in [0.717, 1.165) is 5.56 Å². The standard InChI is InChI=1S/C29H22ClN3O5S/c1-3-36-23-13-18(9-11-22(23)37-15-17-7-5-4-6-8-17)25-24-26(34)20-14-19(30)10-12-21(20)38-27(24)28(35)33(25)29-32-31-16(2)39-29/h4-14,25H,3,15H2,1-2H3. The van der Waals surface area contributed by atoms with E-state index in [9.17, 15) is 9.59 Å². The summed E-state index contributed by atoms with van der Waals surface area (Å²) < 4.78 is 18.0. The molecule has 1 aliphatic heterocycles. The van der Waals surface area contributed by atoms with Crippen LogP contribution in [0.3, 0.4) is 0 Å². The molecule has 1 unspecified atom stereocenters. The van der Waals surface area contributed by atoms with Gasteiger partial charge in [-0.15, -0.1) is 10.2 Å². The number of benzene rings is 3. The molecule has 3 heterocycles. The molecule has 1 amide bonds. The SMILES string of the molecule is CCOc1cc(C2c3c(oc4ccc(Cl)cc4c3=O)C(=O)N2c2nnc(C)s2)ccc1OCc1ccccc1. The Balaban J connectivity index is 1.49. The summed E-state index contributed by atoms with van der Waals surface area (Å²) in [5.74, 6) is 0.538. The number of carbonyl (C=O) groups excluding carboxylic acids is 1. The molecule has 1 aliphatic rings. The van der Waals surface area contributed by atoms with Crippen LogP contribution in [0.15, 0.2) is 75.9 Å². The first-order valence-electron chi connectivity index (χ1n) is 12.3. The van der Waals surface area contributed by atoms with E-state index in [1.165, 1.54) is 16.2 Å². The molecule has 3 aromatic carbocycles. The summed E-state index contributed by atoms with van der Waals surface area (Å²) in [6.07, 6.45) is 0. The molecule has 0 saturated heterocycles. The molecule has 0 aliphatic carbocycles. The number of anilines is 1. The van der Waals surface area contributed by atoms with Crippen molar-refractivity contribution in [3.63, 3.8) is 0 Å². The number of rotatable bonds is 7. The fraction of sp³-hybridized carbons (Fsp3) is 0.172. The highest BCUT2D eigenvalue weighted by Crippen LogP contribution is 2.44. The highest BCUT2D eigenvalue weighted by molar-refractivity contribution is 7.15. The lowest BCUT2D eigenvalue weighted by molar-refractivity contribution is 0.0970. The third kappa shape index (κ3) is 4.53. The van der Waals surface area contributed by atoms with Gasteiger partial charge in [0.05, 0.1) is 23.6 Å². The number of halogens is 1. The summed E-state index contributed by atoms with van der Waals surface area (Å²) in [6, 6.07) is 19.1. The summed E-state index contributed by atoms with van der Waals surface area (Å²) in [4.78, 5) is 29.0. The molecule has 1 atom stereocenters. The number of amides is 1. The van der Waals surface area contributed by atoms with Gasteiger partial charge in [0.1, 0.15) is 17.2 Å². The first kappa shape index (κ1) is 25.1. The fourth-order valence-electron chi connectivity index (χ4n) is 4.66. The third-order valence-corrected chi connectivity index (χ3v) is 7.45. The van der Waals surface area contributed by atoms with Crippen LogP contribution in [0.5, 0.6) is 11.5 Å². The monoisotopic (exact) mass is 559 g/mol. The number of aromatic nitrogens is 2. The topological polar surface area (TPSA) is 94.8 Å². The molecule has 196 valence electrons. The van der Waals surface area contributed by atoms with E-state index in [-0.39, 0.29) is 22.3 Å². The predicted molar refractivity (Wildman–Crippen MR) is 149 cm³/mol.